The molecule has 0 atom stereocenters. The van der Waals surface area contributed by atoms with Gasteiger partial charge < -0.3 is 14.2 Å². The molecule has 0 fully saturated rings. The summed E-state index contributed by atoms with van der Waals surface area (Å²) in [5.74, 6) is 0.861. The first-order valence-corrected chi connectivity index (χ1v) is 25.2. The molecule has 16 rings (SSSR count). The lowest BCUT2D eigenvalue weighted by molar-refractivity contribution is 0.435. The van der Waals surface area contributed by atoms with Gasteiger partial charge in [0.15, 0.2) is 0 Å². The van der Waals surface area contributed by atoms with Crippen LogP contribution in [0.4, 0.5) is 17.1 Å². The summed E-state index contributed by atoms with van der Waals surface area (Å²) in [6.45, 7) is -0.844. The number of hydrogen-bond acceptors (Lipinski definition) is 2. The molecule has 358 valence electrons. The number of hydrogen-bond donors (Lipinski definition) is 0. The highest BCUT2D eigenvalue weighted by atomic mass is 16.5. The van der Waals surface area contributed by atoms with Crippen LogP contribution >= 0.6 is 0 Å². The molecule has 0 saturated heterocycles. The topological polar surface area (TPSA) is 17.4 Å². The summed E-state index contributed by atoms with van der Waals surface area (Å²) in [7, 11) is 0. The number of nitrogens with zero attached hydrogens (tertiary/aromatic N) is 2. The normalized spacial score (nSPS) is 16.6. The maximum atomic E-state index is 9.90. The first-order valence-electron chi connectivity index (χ1n) is 34.2. The second-order valence-electron chi connectivity index (χ2n) is 19.3. The van der Waals surface area contributed by atoms with Gasteiger partial charge in [-0.2, -0.15) is 0 Å². The molecular formula is C73H47BN2O. The van der Waals surface area contributed by atoms with Crippen molar-refractivity contribution in [2.24, 2.45) is 0 Å². The third-order valence-electron chi connectivity index (χ3n) is 15.5. The van der Waals surface area contributed by atoms with E-state index in [9.17, 15) is 13.7 Å². The number of benzene rings is 12. The predicted octanol–water partition coefficient (Wildman–Crippen LogP) is 16.6. The van der Waals surface area contributed by atoms with E-state index in [1.807, 2.05) is 164 Å². The molecule has 0 saturated carbocycles. The van der Waals surface area contributed by atoms with Gasteiger partial charge in [0.05, 0.1) is 46.8 Å². The van der Waals surface area contributed by atoms with E-state index >= 15 is 0 Å². The Morgan fingerprint density at radius 3 is 1.49 bits per heavy atom. The first-order chi connectivity index (χ1) is 45.7. The van der Waals surface area contributed by atoms with Crippen LogP contribution in [0.1, 0.15) is 46.9 Å². The van der Waals surface area contributed by atoms with Gasteiger partial charge in [0.1, 0.15) is 11.5 Å². The smallest absolute Gasteiger partial charge is 0.247 e. The average Bonchev–Trinajstić information content (AvgIpc) is 0.938. The van der Waals surface area contributed by atoms with Crippen molar-refractivity contribution in [3.8, 4) is 61.7 Å². The van der Waals surface area contributed by atoms with Crippen LogP contribution in [0.2, 0.25) is 0 Å². The van der Waals surface area contributed by atoms with Crippen LogP contribution in [0.25, 0.3) is 72.0 Å². The zero-order valence-corrected chi connectivity index (χ0v) is 40.6. The van der Waals surface area contributed by atoms with E-state index in [4.69, 9.17) is 15.7 Å². The van der Waals surface area contributed by atoms with Crippen molar-refractivity contribution in [1.29, 1.82) is 0 Å². The summed E-state index contributed by atoms with van der Waals surface area (Å²) >= 11 is 0. The molecule has 4 heteroatoms. The largest absolute Gasteiger partial charge is 0.457 e. The van der Waals surface area contributed by atoms with Crippen molar-refractivity contribution in [2.75, 3.05) is 4.90 Å². The van der Waals surface area contributed by atoms with Gasteiger partial charge in [-0.3, -0.25) is 0 Å². The highest BCUT2D eigenvalue weighted by Gasteiger charge is 2.55. The minimum atomic E-state index is -1.57. The Kier molecular flexibility index (Phi) is 6.49. The molecular weight excluding hydrogens is 932 g/mol. The molecule has 0 unspecified atom stereocenters. The summed E-state index contributed by atoms with van der Waals surface area (Å²) in [4.78, 5) is 2.09. The number of ether oxygens (including phenoxy) is 1. The zero-order chi connectivity index (χ0) is 66.3. The third kappa shape index (κ3) is 6.39. The lowest BCUT2D eigenvalue weighted by Gasteiger charge is -2.50. The maximum Gasteiger partial charge on any atom is 0.247 e. The fourth-order valence-corrected chi connectivity index (χ4v) is 12.5. The van der Waals surface area contributed by atoms with Gasteiger partial charge in [-0.25, -0.2) is 0 Å². The number of para-hydroxylation sites is 5. The molecule has 4 heterocycles. The quantitative estimate of drug-likeness (QED) is 0.154. The Morgan fingerprint density at radius 2 is 0.896 bits per heavy atom. The minimum absolute atomic E-state index is 0.0687. The van der Waals surface area contributed by atoms with Crippen LogP contribution < -0.4 is 26.0 Å². The third-order valence-corrected chi connectivity index (χ3v) is 15.5. The van der Waals surface area contributed by atoms with Crippen molar-refractivity contribution >= 4 is 62.0 Å². The number of anilines is 3. The zero-order valence-electron chi connectivity index (χ0n) is 58.6. The number of aromatic nitrogens is 1. The van der Waals surface area contributed by atoms with Crippen molar-refractivity contribution in [1.82, 2.24) is 4.57 Å². The molecule has 77 heavy (non-hydrogen) atoms. The predicted molar refractivity (Wildman–Crippen MR) is 320 cm³/mol. The van der Waals surface area contributed by atoms with Gasteiger partial charge in [0.2, 0.25) is 6.71 Å². The van der Waals surface area contributed by atoms with Crippen molar-refractivity contribution in [3.63, 3.8) is 0 Å². The number of fused-ring (bicyclic) bond motifs is 13. The Bertz CT molecular complexity index is 5370. The van der Waals surface area contributed by atoms with Crippen LogP contribution in [-0.2, 0) is 5.41 Å². The van der Waals surface area contributed by atoms with E-state index in [-0.39, 0.29) is 49.7 Å². The molecule has 0 bridgehead atoms. The van der Waals surface area contributed by atoms with Gasteiger partial charge in [-0.1, -0.05) is 248 Å². The van der Waals surface area contributed by atoms with E-state index in [2.05, 4.69) is 4.90 Å². The van der Waals surface area contributed by atoms with Crippen LogP contribution in [0.3, 0.4) is 0 Å². The Labute approximate surface area is 473 Å². The lowest BCUT2D eigenvalue weighted by Crippen LogP contribution is -2.65. The second-order valence-corrected chi connectivity index (χ2v) is 19.3. The van der Waals surface area contributed by atoms with Gasteiger partial charge >= 0.3 is 0 Å². The van der Waals surface area contributed by atoms with E-state index in [0.717, 1.165) is 22.3 Å². The van der Waals surface area contributed by atoms with Crippen LogP contribution in [0.15, 0.2) is 285 Å². The standard InChI is InChI=1S/C73H47BN2O/c1-5-22-48(23-6-1)52-40-42-63-61(44-52)73(59-34-15-19-38-69(59)77-70-39-20-16-35-60(70)73)62-46-54(75-65-36-17-13-30-57(65)58-31-14-18-37-66(58)75)47-68-71(62)74(63)64-43-41-53(49-24-7-2-8-25-49)45-67(64)76(68)72-55(50-26-9-3-10-27-50)32-21-33-56(72)51-28-11-4-12-29-51/h1-47H/i1D,2D,5D,6D,7D,8D,13D,14D,17D,18D,22D,23D,24D,25D,30D,31D,36D,37D. The second kappa shape index (κ2) is 17.1. The molecule has 0 N–H and O–H groups in total. The summed E-state index contributed by atoms with van der Waals surface area (Å²) in [5.41, 5.74) is 7.58. The summed E-state index contributed by atoms with van der Waals surface area (Å²) in [5, 5.41) is -0.308. The van der Waals surface area contributed by atoms with Crippen LogP contribution in [0.5, 0.6) is 11.5 Å². The molecule has 0 amide bonds. The molecule has 1 spiro atoms. The summed E-state index contributed by atoms with van der Waals surface area (Å²) < 4.78 is 175. The number of rotatable bonds is 6. The lowest BCUT2D eigenvalue weighted by atomic mass is 9.29. The van der Waals surface area contributed by atoms with Gasteiger partial charge in [0, 0.05) is 50.1 Å². The fraction of sp³-hybridized carbons (Fsp3) is 0.0137. The fourth-order valence-electron chi connectivity index (χ4n) is 12.5. The molecule has 12 aromatic carbocycles. The minimum Gasteiger partial charge on any atom is -0.457 e. The van der Waals surface area contributed by atoms with Crippen molar-refractivity contribution < 1.29 is 29.4 Å². The summed E-state index contributed by atoms with van der Waals surface area (Å²) in [6, 6.07) is 45.5. The highest BCUT2D eigenvalue weighted by Crippen LogP contribution is 2.59. The molecule has 3 aliphatic rings. The van der Waals surface area contributed by atoms with Crippen molar-refractivity contribution in [2.45, 2.75) is 5.41 Å². The molecule has 13 aromatic rings. The average molecular weight is 997 g/mol. The Morgan fingerprint density at radius 1 is 0.377 bits per heavy atom. The van der Waals surface area contributed by atoms with Gasteiger partial charge in [-0.05, 0) is 97.8 Å². The molecule has 1 aromatic heterocycles. The molecule has 3 nitrogen and oxygen atoms in total. The van der Waals surface area contributed by atoms with E-state index in [1.54, 1.807) is 12.1 Å². The van der Waals surface area contributed by atoms with Crippen LogP contribution in [-0.4, -0.2) is 11.3 Å². The van der Waals surface area contributed by atoms with Gasteiger partial charge in [0.25, 0.3) is 0 Å². The van der Waals surface area contributed by atoms with Crippen molar-refractivity contribution in [3.05, 3.63) is 307 Å². The SMILES string of the molecule is [2H]c1c([2H])c([2H])c(-c2ccc3c(c2)N(c2c(-c4ccccc4)cccc2-c2ccccc2)c2cc(-n4c5c([2H])c([2H])c([2H])c([2H])c5c5c([2H])c([2H])c([2H])c([2H])c54)cc4c2B3c2ccc(-c3c([2H])c([2H])c([2H])c([2H])c3[2H])cc2C42c3ccccc3Oc3ccccc32)c([2H])c1[2H]. The van der Waals surface area contributed by atoms with Crippen LogP contribution in [0, 0.1) is 0 Å². The Hall–Kier alpha value is -9.90. The first kappa shape index (κ1) is 29.3. The van der Waals surface area contributed by atoms with E-state index in [0.29, 0.717) is 67.2 Å². The van der Waals surface area contributed by atoms with E-state index in [1.165, 1.54) is 4.57 Å². The molecule has 3 aliphatic heterocycles. The monoisotopic (exact) mass is 996 g/mol. The molecule has 0 radical (unpaired) electrons. The molecule has 0 aliphatic carbocycles. The Balaban J connectivity index is 1.18. The van der Waals surface area contributed by atoms with E-state index < -0.39 is 121 Å². The van der Waals surface area contributed by atoms with Gasteiger partial charge in [-0.15, -0.1) is 0 Å². The highest BCUT2D eigenvalue weighted by molar-refractivity contribution is 6.99. The maximum absolute atomic E-state index is 9.90. The summed E-state index contributed by atoms with van der Waals surface area (Å²) in [6.07, 6.45) is 0.